The highest BCUT2D eigenvalue weighted by molar-refractivity contribution is 7.89. The Morgan fingerprint density at radius 1 is 1.07 bits per heavy atom. The van der Waals surface area contributed by atoms with Crippen LogP contribution >= 0.6 is 11.6 Å². The zero-order valence-corrected chi connectivity index (χ0v) is 19.3. The predicted molar refractivity (Wildman–Crippen MR) is 115 cm³/mol. The molecule has 0 N–H and O–H groups in total. The van der Waals surface area contributed by atoms with E-state index in [1.807, 2.05) is 0 Å². The molecule has 8 heteroatoms. The van der Waals surface area contributed by atoms with E-state index in [0.717, 1.165) is 16.4 Å². The van der Waals surface area contributed by atoms with E-state index < -0.39 is 33.5 Å². The van der Waals surface area contributed by atoms with E-state index >= 15 is 0 Å². The van der Waals surface area contributed by atoms with E-state index in [4.69, 9.17) is 16.3 Å². The van der Waals surface area contributed by atoms with E-state index in [2.05, 4.69) is 0 Å². The van der Waals surface area contributed by atoms with Gasteiger partial charge >= 0.3 is 5.97 Å². The highest BCUT2D eigenvalue weighted by Gasteiger charge is 2.40. The first-order valence-corrected chi connectivity index (χ1v) is 11.4. The number of rotatable bonds is 7. The lowest BCUT2D eigenvalue weighted by Gasteiger charge is -2.34. The van der Waals surface area contributed by atoms with Crippen LogP contribution in [-0.4, -0.2) is 30.3 Å². The van der Waals surface area contributed by atoms with Gasteiger partial charge in [-0.1, -0.05) is 37.6 Å². The Kier molecular flexibility index (Phi) is 7.66. The average molecular weight is 456 g/mol. The molecule has 0 spiro atoms. The van der Waals surface area contributed by atoms with Crippen LogP contribution in [0, 0.1) is 11.7 Å². The molecule has 0 aromatic heterocycles. The number of sulfonamides is 1. The second-order valence-corrected chi connectivity index (χ2v) is 10.7. The first-order chi connectivity index (χ1) is 13.8. The Morgan fingerprint density at radius 3 is 2.07 bits per heavy atom. The number of hydrogen-bond acceptors (Lipinski definition) is 4. The van der Waals surface area contributed by atoms with Crippen molar-refractivity contribution in [2.24, 2.45) is 5.92 Å². The third-order valence-electron chi connectivity index (χ3n) is 4.26. The lowest BCUT2D eigenvalue weighted by Crippen LogP contribution is -2.49. The molecule has 0 fully saturated rings. The topological polar surface area (TPSA) is 63.7 Å². The third-order valence-corrected chi connectivity index (χ3v) is 6.36. The Labute approximate surface area is 182 Å². The molecule has 0 saturated heterocycles. The van der Waals surface area contributed by atoms with Gasteiger partial charge in [-0.2, -0.15) is 4.31 Å². The van der Waals surface area contributed by atoms with Gasteiger partial charge in [0.15, 0.2) is 0 Å². The molecule has 0 bridgehead atoms. The summed E-state index contributed by atoms with van der Waals surface area (Å²) in [6.45, 7) is 8.60. The highest BCUT2D eigenvalue weighted by atomic mass is 35.5. The van der Waals surface area contributed by atoms with Crippen molar-refractivity contribution >= 4 is 27.6 Å². The number of esters is 1. The average Bonchev–Trinajstić information content (AvgIpc) is 2.61. The van der Waals surface area contributed by atoms with Gasteiger partial charge in [0.2, 0.25) is 10.0 Å². The second-order valence-electron chi connectivity index (χ2n) is 8.35. The Morgan fingerprint density at radius 2 is 1.60 bits per heavy atom. The Bertz CT molecular complexity index is 968. The number of carbonyl (C=O) groups excluding carboxylic acids is 1. The monoisotopic (exact) mass is 455 g/mol. The van der Waals surface area contributed by atoms with Gasteiger partial charge in [0.05, 0.1) is 4.90 Å². The maximum atomic E-state index is 13.5. The summed E-state index contributed by atoms with van der Waals surface area (Å²) in [7, 11) is -4.14. The third kappa shape index (κ3) is 6.27. The molecule has 2 aromatic carbocycles. The molecule has 2 aromatic rings. The van der Waals surface area contributed by atoms with E-state index in [9.17, 15) is 17.6 Å². The smallest absolute Gasteiger partial charge is 0.325 e. The first kappa shape index (κ1) is 24.3. The van der Waals surface area contributed by atoms with Gasteiger partial charge in [-0.3, -0.25) is 4.79 Å². The van der Waals surface area contributed by atoms with Crippen molar-refractivity contribution in [2.75, 3.05) is 0 Å². The SMILES string of the molecule is CC(C)[C@@H](C(=O)OC(C)(C)C)N(Cc1ccc(Cl)cc1)S(=O)(=O)c1ccc(F)cc1. The van der Waals surface area contributed by atoms with Crippen molar-refractivity contribution in [1.29, 1.82) is 0 Å². The minimum absolute atomic E-state index is 0.0705. The largest absolute Gasteiger partial charge is 0.459 e. The van der Waals surface area contributed by atoms with Gasteiger partial charge in [-0.15, -0.1) is 0 Å². The van der Waals surface area contributed by atoms with Crippen molar-refractivity contribution < 1.29 is 22.3 Å². The van der Waals surface area contributed by atoms with Crippen LogP contribution in [0.2, 0.25) is 5.02 Å². The van der Waals surface area contributed by atoms with Crippen LogP contribution in [0.15, 0.2) is 53.4 Å². The van der Waals surface area contributed by atoms with Crippen molar-refractivity contribution in [1.82, 2.24) is 4.31 Å². The van der Waals surface area contributed by atoms with Gasteiger partial charge in [0.1, 0.15) is 17.5 Å². The lowest BCUT2D eigenvalue weighted by molar-refractivity contribution is -0.161. The Hall–Kier alpha value is -1.96. The van der Waals surface area contributed by atoms with E-state index in [1.165, 1.54) is 12.1 Å². The van der Waals surface area contributed by atoms with Crippen molar-refractivity contribution in [2.45, 2.75) is 57.7 Å². The summed E-state index contributed by atoms with van der Waals surface area (Å²) in [4.78, 5) is 12.9. The van der Waals surface area contributed by atoms with Gasteiger partial charge < -0.3 is 4.74 Å². The molecule has 0 amide bonds. The van der Waals surface area contributed by atoms with Gasteiger partial charge in [0.25, 0.3) is 0 Å². The van der Waals surface area contributed by atoms with Crippen LogP contribution in [0.5, 0.6) is 0 Å². The van der Waals surface area contributed by atoms with Crippen LogP contribution < -0.4 is 0 Å². The van der Waals surface area contributed by atoms with Crippen LogP contribution in [-0.2, 0) is 26.1 Å². The molecular formula is C22H27ClFNO4S. The molecule has 0 unspecified atom stereocenters. The maximum absolute atomic E-state index is 13.5. The quantitative estimate of drug-likeness (QED) is 0.549. The van der Waals surface area contributed by atoms with Crippen LogP contribution in [0.4, 0.5) is 4.39 Å². The molecule has 2 rings (SSSR count). The van der Waals surface area contributed by atoms with Crippen molar-refractivity contribution in [3.8, 4) is 0 Å². The molecule has 5 nitrogen and oxygen atoms in total. The normalized spacial score (nSPS) is 13.5. The standard InChI is InChI=1S/C22H27ClFNO4S/c1-15(2)20(21(26)29-22(3,4)5)25(14-16-6-8-17(23)9-7-16)30(27,28)19-12-10-18(24)11-13-19/h6-13,15,20H,14H2,1-5H3/t20-/m0/s1. The summed E-state index contributed by atoms with van der Waals surface area (Å²) in [5.41, 5.74) is -0.130. The number of hydrogen-bond donors (Lipinski definition) is 0. The van der Waals surface area contributed by atoms with E-state index in [0.29, 0.717) is 10.6 Å². The molecule has 0 radical (unpaired) electrons. The fraction of sp³-hybridized carbons (Fsp3) is 0.409. The minimum Gasteiger partial charge on any atom is -0.459 e. The van der Waals surface area contributed by atoms with Crippen molar-refractivity contribution in [3.05, 3.63) is 64.9 Å². The van der Waals surface area contributed by atoms with Crippen LogP contribution in [0.1, 0.15) is 40.2 Å². The maximum Gasteiger partial charge on any atom is 0.325 e. The molecule has 0 saturated carbocycles. The zero-order valence-electron chi connectivity index (χ0n) is 17.7. The fourth-order valence-corrected chi connectivity index (χ4v) is 4.75. The number of halogens is 2. The molecule has 30 heavy (non-hydrogen) atoms. The molecule has 0 aliphatic carbocycles. The highest BCUT2D eigenvalue weighted by Crippen LogP contribution is 2.27. The summed E-state index contributed by atoms with van der Waals surface area (Å²) in [5.74, 6) is -1.56. The molecule has 164 valence electrons. The molecule has 0 aliphatic heterocycles. The summed E-state index contributed by atoms with van der Waals surface area (Å²) in [6, 6.07) is 10.1. The number of carbonyl (C=O) groups is 1. The minimum atomic E-state index is -4.14. The van der Waals surface area contributed by atoms with Gasteiger partial charge in [-0.25, -0.2) is 12.8 Å². The second kappa shape index (κ2) is 9.45. The molecule has 0 aliphatic rings. The molecule has 0 heterocycles. The van der Waals surface area contributed by atoms with Crippen LogP contribution in [0.3, 0.4) is 0 Å². The van der Waals surface area contributed by atoms with Gasteiger partial charge in [0, 0.05) is 11.6 Å². The van der Waals surface area contributed by atoms with Crippen LogP contribution in [0.25, 0.3) is 0 Å². The fourth-order valence-electron chi connectivity index (χ4n) is 2.93. The van der Waals surface area contributed by atoms with E-state index in [-0.39, 0.29) is 17.4 Å². The predicted octanol–water partition coefficient (Wildman–Crippen LogP) is 5.04. The zero-order chi connectivity index (χ0) is 22.7. The summed E-state index contributed by atoms with van der Waals surface area (Å²) in [5, 5.41) is 0.513. The number of nitrogens with zero attached hydrogens (tertiary/aromatic N) is 1. The summed E-state index contributed by atoms with van der Waals surface area (Å²) in [6.07, 6.45) is 0. The molecule has 1 atom stereocenters. The molecular weight excluding hydrogens is 429 g/mol. The van der Waals surface area contributed by atoms with E-state index in [1.54, 1.807) is 58.9 Å². The van der Waals surface area contributed by atoms with Crippen molar-refractivity contribution in [3.63, 3.8) is 0 Å². The summed E-state index contributed by atoms with van der Waals surface area (Å²) >= 11 is 5.94. The number of ether oxygens (including phenoxy) is 1. The Balaban J connectivity index is 2.56. The lowest BCUT2D eigenvalue weighted by atomic mass is 10.0. The van der Waals surface area contributed by atoms with Gasteiger partial charge in [-0.05, 0) is 68.7 Å². The number of benzene rings is 2. The first-order valence-electron chi connectivity index (χ1n) is 9.56. The summed E-state index contributed by atoms with van der Waals surface area (Å²) < 4.78 is 47.0.